The van der Waals surface area contributed by atoms with Gasteiger partial charge < -0.3 is 19.9 Å². The number of phenols is 1. The van der Waals surface area contributed by atoms with Crippen LogP contribution in [-0.4, -0.2) is 62.9 Å². The minimum absolute atomic E-state index is 0.0205. The van der Waals surface area contributed by atoms with Crippen LogP contribution < -0.4 is 0 Å². The van der Waals surface area contributed by atoms with Gasteiger partial charge in [0.1, 0.15) is 5.75 Å². The summed E-state index contributed by atoms with van der Waals surface area (Å²) in [4.78, 5) is 36.3. The van der Waals surface area contributed by atoms with Gasteiger partial charge in [-0.25, -0.2) is 4.98 Å². The molecule has 0 radical (unpaired) electrons. The summed E-state index contributed by atoms with van der Waals surface area (Å²) in [5.41, 5.74) is 1.31. The summed E-state index contributed by atoms with van der Waals surface area (Å²) in [6.07, 6.45) is 7.48. The van der Waals surface area contributed by atoms with E-state index in [2.05, 4.69) is 9.97 Å². The van der Waals surface area contributed by atoms with Crippen LogP contribution in [0.2, 0.25) is 0 Å². The van der Waals surface area contributed by atoms with Gasteiger partial charge in [-0.15, -0.1) is 0 Å². The van der Waals surface area contributed by atoms with Crippen molar-refractivity contribution in [2.75, 3.05) is 26.2 Å². The van der Waals surface area contributed by atoms with Crippen molar-refractivity contribution in [3.8, 4) is 5.75 Å². The quantitative estimate of drug-likeness (QED) is 0.848. The molecule has 4 rings (SSSR count). The van der Waals surface area contributed by atoms with E-state index in [4.69, 9.17) is 0 Å². The van der Waals surface area contributed by atoms with Gasteiger partial charge in [0.2, 0.25) is 5.91 Å². The lowest BCUT2D eigenvalue weighted by molar-refractivity contribution is -0.138. The van der Waals surface area contributed by atoms with Gasteiger partial charge in [-0.3, -0.25) is 9.59 Å². The zero-order valence-electron chi connectivity index (χ0n) is 15.9. The highest BCUT2D eigenvalue weighted by Gasteiger charge is 2.42. The number of para-hydroxylation sites is 1. The van der Waals surface area contributed by atoms with Crippen LogP contribution in [0.15, 0.2) is 36.8 Å². The molecule has 2 N–H and O–H groups in total. The van der Waals surface area contributed by atoms with Crippen molar-refractivity contribution in [3.05, 3.63) is 48.0 Å². The lowest BCUT2D eigenvalue weighted by Gasteiger charge is -2.48. The maximum atomic E-state index is 12.9. The van der Waals surface area contributed by atoms with E-state index < -0.39 is 0 Å². The Morgan fingerprint density at radius 3 is 2.89 bits per heavy atom. The fraction of sp³-hybridized carbons (Fsp3) is 0.476. The smallest absolute Gasteiger partial charge is 0.257 e. The monoisotopic (exact) mass is 382 g/mol. The van der Waals surface area contributed by atoms with Crippen LogP contribution in [0.5, 0.6) is 5.75 Å². The minimum atomic E-state index is -0.127. The Morgan fingerprint density at radius 2 is 2.11 bits per heavy atom. The number of H-pyrrole nitrogens is 1. The molecule has 7 nitrogen and oxygen atoms in total. The van der Waals surface area contributed by atoms with E-state index in [1.165, 1.54) is 0 Å². The van der Waals surface area contributed by atoms with Crippen LogP contribution >= 0.6 is 0 Å². The summed E-state index contributed by atoms with van der Waals surface area (Å²) in [5.74, 6) is 0.0829. The highest BCUT2D eigenvalue weighted by Crippen LogP contribution is 2.39. The number of aromatic hydroxyl groups is 1. The number of nitrogens with zero attached hydrogens (tertiary/aromatic N) is 3. The van der Waals surface area contributed by atoms with E-state index in [9.17, 15) is 14.7 Å². The van der Waals surface area contributed by atoms with Crippen molar-refractivity contribution in [1.29, 1.82) is 0 Å². The zero-order valence-corrected chi connectivity index (χ0v) is 15.9. The summed E-state index contributed by atoms with van der Waals surface area (Å²) in [5, 5.41) is 10.0. The van der Waals surface area contributed by atoms with Gasteiger partial charge in [-0.05, 0) is 31.4 Å². The molecule has 1 aromatic carbocycles. The maximum Gasteiger partial charge on any atom is 0.257 e. The summed E-state index contributed by atoms with van der Waals surface area (Å²) in [6.45, 7) is 2.67. The molecule has 2 saturated heterocycles. The van der Waals surface area contributed by atoms with E-state index >= 15 is 0 Å². The predicted molar refractivity (Wildman–Crippen MR) is 104 cm³/mol. The standard InChI is InChI=1S/C21H26N4O3/c26-18-5-2-1-4-17(18)20(28)25-10-3-8-21(14-25)9-6-19(27)24(13-21)11-7-16-12-22-15-23-16/h1-2,4-5,12,15,26H,3,6-11,13-14H2,(H,22,23)/t21-/m1/s1. The van der Waals surface area contributed by atoms with E-state index in [1.807, 2.05) is 9.80 Å². The number of amides is 2. The molecule has 0 bridgehead atoms. The number of likely N-dealkylation sites (tertiary alicyclic amines) is 2. The third kappa shape index (κ3) is 3.74. The molecule has 7 heteroatoms. The normalized spacial score (nSPS) is 22.6. The largest absolute Gasteiger partial charge is 0.507 e. The number of hydrogen-bond acceptors (Lipinski definition) is 4. The van der Waals surface area contributed by atoms with Gasteiger partial charge in [0.25, 0.3) is 5.91 Å². The number of piperidine rings is 2. The lowest BCUT2D eigenvalue weighted by Crippen LogP contribution is -2.55. The Morgan fingerprint density at radius 1 is 1.25 bits per heavy atom. The van der Waals surface area contributed by atoms with Gasteiger partial charge in [0.05, 0.1) is 11.9 Å². The number of benzene rings is 1. The van der Waals surface area contributed by atoms with E-state index in [0.717, 1.165) is 31.4 Å². The number of imidazole rings is 1. The van der Waals surface area contributed by atoms with Crippen molar-refractivity contribution in [2.24, 2.45) is 5.41 Å². The van der Waals surface area contributed by atoms with Crippen LogP contribution in [-0.2, 0) is 11.2 Å². The highest BCUT2D eigenvalue weighted by molar-refractivity contribution is 5.96. The van der Waals surface area contributed by atoms with Crippen molar-refractivity contribution in [2.45, 2.75) is 32.1 Å². The van der Waals surface area contributed by atoms with E-state index in [0.29, 0.717) is 38.2 Å². The molecule has 2 aromatic rings. The number of carbonyl (C=O) groups is 2. The molecule has 1 aromatic heterocycles. The number of aromatic amines is 1. The molecule has 2 amide bonds. The van der Waals surface area contributed by atoms with Crippen molar-refractivity contribution in [3.63, 3.8) is 0 Å². The molecule has 148 valence electrons. The van der Waals surface area contributed by atoms with Gasteiger partial charge >= 0.3 is 0 Å². The molecule has 2 fully saturated rings. The number of aromatic nitrogens is 2. The molecular formula is C21H26N4O3. The lowest BCUT2D eigenvalue weighted by atomic mass is 9.73. The van der Waals surface area contributed by atoms with Crippen molar-refractivity contribution in [1.82, 2.24) is 19.8 Å². The summed E-state index contributed by atoms with van der Waals surface area (Å²) < 4.78 is 0. The van der Waals surface area contributed by atoms with E-state index in [-0.39, 0.29) is 23.0 Å². The van der Waals surface area contributed by atoms with E-state index in [1.54, 1.807) is 36.8 Å². The van der Waals surface area contributed by atoms with Crippen LogP contribution in [0, 0.1) is 5.41 Å². The first-order valence-electron chi connectivity index (χ1n) is 9.89. The van der Waals surface area contributed by atoms with Gasteiger partial charge in [-0.1, -0.05) is 12.1 Å². The number of phenolic OH excluding ortho intramolecular Hbond substituents is 1. The molecular weight excluding hydrogens is 356 g/mol. The number of rotatable bonds is 4. The second-order valence-corrected chi connectivity index (χ2v) is 7.99. The first-order chi connectivity index (χ1) is 13.6. The highest BCUT2D eigenvalue weighted by atomic mass is 16.3. The van der Waals surface area contributed by atoms with Crippen molar-refractivity contribution < 1.29 is 14.7 Å². The molecule has 28 heavy (non-hydrogen) atoms. The molecule has 3 heterocycles. The Kier molecular flexibility index (Phi) is 5.07. The molecule has 2 aliphatic rings. The Hall–Kier alpha value is -2.83. The molecule has 0 saturated carbocycles. The first kappa shape index (κ1) is 18.5. The molecule has 0 aliphatic carbocycles. The molecule has 1 spiro atoms. The average Bonchev–Trinajstić information content (AvgIpc) is 3.23. The topological polar surface area (TPSA) is 89.5 Å². The zero-order chi connectivity index (χ0) is 19.6. The fourth-order valence-electron chi connectivity index (χ4n) is 4.52. The minimum Gasteiger partial charge on any atom is -0.507 e. The second-order valence-electron chi connectivity index (χ2n) is 7.99. The van der Waals surface area contributed by atoms with Crippen molar-refractivity contribution >= 4 is 11.8 Å². The van der Waals surface area contributed by atoms with Crippen LogP contribution in [0.25, 0.3) is 0 Å². The van der Waals surface area contributed by atoms with Crippen LogP contribution in [0.1, 0.15) is 41.7 Å². The Bertz CT molecular complexity index is 851. The van der Waals surface area contributed by atoms with Gasteiger partial charge in [0.15, 0.2) is 0 Å². The maximum absolute atomic E-state index is 12.9. The number of nitrogens with one attached hydrogen (secondary N) is 1. The van der Waals surface area contributed by atoms with Crippen LogP contribution in [0.4, 0.5) is 0 Å². The SMILES string of the molecule is O=C1CC[C@]2(CCCN(C(=O)c3ccccc3O)C2)CN1CCc1cnc[nH]1. The van der Waals surface area contributed by atoms with Gasteiger partial charge in [-0.2, -0.15) is 0 Å². The molecule has 1 atom stereocenters. The number of carbonyl (C=O) groups excluding carboxylic acids is 2. The summed E-state index contributed by atoms with van der Waals surface area (Å²) in [6, 6.07) is 6.70. The van der Waals surface area contributed by atoms with Crippen LogP contribution in [0.3, 0.4) is 0 Å². The summed E-state index contributed by atoms with van der Waals surface area (Å²) >= 11 is 0. The predicted octanol–water partition coefficient (Wildman–Crippen LogP) is 2.20. The Labute approximate surface area is 164 Å². The molecule has 0 unspecified atom stereocenters. The molecule has 2 aliphatic heterocycles. The number of hydrogen-bond donors (Lipinski definition) is 2. The average molecular weight is 382 g/mol. The third-order valence-electron chi connectivity index (χ3n) is 6.04. The second kappa shape index (κ2) is 7.66. The Balaban J connectivity index is 1.45. The summed E-state index contributed by atoms with van der Waals surface area (Å²) in [7, 11) is 0. The van der Waals surface area contributed by atoms with Gasteiger partial charge in [0, 0.05) is 56.3 Å². The first-order valence-corrected chi connectivity index (χ1v) is 9.89. The third-order valence-corrected chi connectivity index (χ3v) is 6.04. The fourth-order valence-corrected chi connectivity index (χ4v) is 4.52.